The Balaban J connectivity index is 1.72. The van der Waals surface area contributed by atoms with E-state index < -0.39 is 0 Å². The molecule has 0 bridgehead atoms. The fourth-order valence-corrected chi connectivity index (χ4v) is 2.21. The number of aryl methyl sites for hydroxylation is 1. The van der Waals surface area contributed by atoms with E-state index in [-0.39, 0.29) is 11.9 Å². The summed E-state index contributed by atoms with van der Waals surface area (Å²) < 4.78 is 5.58. The summed E-state index contributed by atoms with van der Waals surface area (Å²) in [7, 11) is 0. The van der Waals surface area contributed by atoms with Crippen molar-refractivity contribution in [2.75, 3.05) is 23.8 Å². The molecule has 0 aliphatic carbocycles. The first kappa shape index (κ1) is 18.3. The van der Waals surface area contributed by atoms with Crippen LogP contribution in [0.15, 0.2) is 48.5 Å². The van der Waals surface area contributed by atoms with E-state index in [2.05, 4.69) is 22.9 Å². The second-order valence-electron chi connectivity index (χ2n) is 5.49. The van der Waals surface area contributed by atoms with Gasteiger partial charge in [0.05, 0.1) is 6.54 Å². The minimum Gasteiger partial charge on any atom is -0.492 e. The molecule has 3 N–H and O–H groups in total. The molecule has 0 heterocycles. The maximum absolute atomic E-state index is 11.9. The van der Waals surface area contributed by atoms with E-state index in [1.807, 2.05) is 24.3 Å². The van der Waals surface area contributed by atoms with Crippen molar-refractivity contribution in [2.24, 2.45) is 0 Å². The van der Waals surface area contributed by atoms with Gasteiger partial charge in [0, 0.05) is 18.3 Å². The predicted molar refractivity (Wildman–Crippen MR) is 99.1 cm³/mol. The Hall–Kier alpha value is -3.02. The summed E-state index contributed by atoms with van der Waals surface area (Å²) in [4.78, 5) is 22.9. The Morgan fingerprint density at radius 1 is 1.00 bits per heavy atom. The van der Waals surface area contributed by atoms with Gasteiger partial charge in [-0.3, -0.25) is 4.79 Å². The fourth-order valence-electron chi connectivity index (χ4n) is 2.21. The molecule has 0 saturated heterocycles. The number of ether oxygens (including phenoxy) is 1. The number of anilines is 2. The number of carbonyl (C=O) groups excluding carboxylic acids is 2. The molecule has 132 valence electrons. The maximum Gasteiger partial charge on any atom is 0.319 e. The monoisotopic (exact) mass is 341 g/mol. The third-order valence-corrected chi connectivity index (χ3v) is 3.43. The lowest BCUT2D eigenvalue weighted by atomic mass is 10.2. The quantitative estimate of drug-likeness (QED) is 0.675. The standard InChI is InChI=1S/C19H23N3O3/c1-3-15-7-9-18(10-8-15)25-12-11-20-19(24)22-17-6-4-5-16(13-17)21-14(2)23/h4-10,13H,3,11-12H2,1-2H3,(H,21,23)(H2,20,22,24). The summed E-state index contributed by atoms with van der Waals surface area (Å²) >= 11 is 0. The van der Waals surface area contributed by atoms with Gasteiger partial charge in [0.15, 0.2) is 0 Å². The number of amides is 3. The predicted octanol–water partition coefficient (Wildman–Crippen LogP) is 3.41. The molecule has 3 amide bonds. The molecule has 6 heteroatoms. The van der Waals surface area contributed by atoms with Crippen LogP contribution in [0, 0.1) is 0 Å². The van der Waals surface area contributed by atoms with Crippen molar-refractivity contribution >= 4 is 23.3 Å². The number of rotatable bonds is 7. The second kappa shape index (κ2) is 9.32. The Morgan fingerprint density at radius 3 is 2.32 bits per heavy atom. The first-order valence-corrected chi connectivity index (χ1v) is 8.21. The molecular weight excluding hydrogens is 318 g/mol. The van der Waals surface area contributed by atoms with Crippen LogP contribution in [0.4, 0.5) is 16.2 Å². The molecule has 0 radical (unpaired) electrons. The molecule has 0 unspecified atom stereocenters. The first-order chi connectivity index (χ1) is 12.1. The normalized spacial score (nSPS) is 10.0. The lowest BCUT2D eigenvalue weighted by Gasteiger charge is -2.10. The van der Waals surface area contributed by atoms with Crippen LogP contribution in [0.3, 0.4) is 0 Å². The van der Waals surface area contributed by atoms with Crippen LogP contribution in [0.1, 0.15) is 19.4 Å². The van der Waals surface area contributed by atoms with Crippen molar-refractivity contribution in [3.8, 4) is 5.75 Å². The highest BCUT2D eigenvalue weighted by atomic mass is 16.5. The molecule has 25 heavy (non-hydrogen) atoms. The molecule has 0 atom stereocenters. The highest BCUT2D eigenvalue weighted by Crippen LogP contribution is 2.15. The summed E-state index contributed by atoms with van der Waals surface area (Å²) in [5.74, 6) is 0.619. The van der Waals surface area contributed by atoms with E-state index in [1.165, 1.54) is 12.5 Å². The average Bonchev–Trinajstić information content (AvgIpc) is 2.59. The zero-order valence-electron chi connectivity index (χ0n) is 14.5. The number of hydrogen-bond acceptors (Lipinski definition) is 3. The Labute approximate surface area is 147 Å². The van der Waals surface area contributed by atoms with Gasteiger partial charge in [-0.1, -0.05) is 25.1 Å². The highest BCUT2D eigenvalue weighted by molar-refractivity contribution is 5.92. The van der Waals surface area contributed by atoms with E-state index in [0.717, 1.165) is 12.2 Å². The minimum atomic E-state index is -0.329. The second-order valence-corrected chi connectivity index (χ2v) is 5.49. The van der Waals surface area contributed by atoms with E-state index >= 15 is 0 Å². The molecule has 0 saturated carbocycles. The van der Waals surface area contributed by atoms with Crippen molar-refractivity contribution in [1.29, 1.82) is 0 Å². The van der Waals surface area contributed by atoms with Crippen molar-refractivity contribution in [2.45, 2.75) is 20.3 Å². The van der Waals surface area contributed by atoms with Crippen LogP contribution < -0.4 is 20.7 Å². The molecule has 2 rings (SSSR count). The van der Waals surface area contributed by atoms with Crippen LogP contribution in [0.2, 0.25) is 0 Å². The van der Waals surface area contributed by atoms with Gasteiger partial charge in [-0.05, 0) is 42.3 Å². The number of hydrogen-bond donors (Lipinski definition) is 3. The Morgan fingerprint density at radius 2 is 1.68 bits per heavy atom. The summed E-state index contributed by atoms with van der Waals surface area (Å²) in [6.45, 7) is 4.30. The smallest absolute Gasteiger partial charge is 0.319 e. The van der Waals surface area contributed by atoms with Crippen LogP contribution in [-0.2, 0) is 11.2 Å². The SMILES string of the molecule is CCc1ccc(OCCNC(=O)Nc2cccc(NC(C)=O)c2)cc1. The van der Waals surface area contributed by atoms with Crippen molar-refractivity contribution in [3.05, 3.63) is 54.1 Å². The summed E-state index contributed by atoms with van der Waals surface area (Å²) in [5, 5.41) is 8.10. The van der Waals surface area contributed by atoms with Crippen LogP contribution in [-0.4, -0.2) is 25.1 Å². The lowest BCUT2D eigenvalue weighted by Crippen LogP contribution is -2.32. The van der Waals surface area contributed by atoms with Gasteiger partial charge in [0.2, 0.25) is 5.91 Å². The van der Waals surface area contributed by atoms with Gasteiger partial charge >= 0.3 is 6.03 Å². The molecule has 0 fully saturated rings. The summed E-state index contributed by atoms with van der Waals surface area (Å²) in [5.41, 5.74) is 2.48. The minimum absolute atomic E-state index is 0.161. The van der Waals surface area contributed by atoms with Gasteiger partial charge in [-0.15, -0.1) is 0 Å². The van der Waals surface area contributed by atoms with Crippen molar-refractivity contribution in [1.82, 2.24) is 5.32 Å². The van der Waals surface area contributed by atoms with Gasteiger partial charge in [0.25, 0.3) is 0 Å². The fraction of sp³-hybridized carbons (Fsp3) is 0.263. The molecular formula is C19H23N3O3. The molecule has 6 nitrogen and oxygen atoms in total. The largest absolute Gasteiger partial charge is 0.492 e. The third-order valence-electron chi connectivity index (χ3n) is 3.43. The van der Waals surface area contributed by atoms with Crippen LogP contribution in [0.5, 0.6) is 5.75 Å². The van der Waals surface area contributed by atoms with Gasteiger partial charge in [-0.25, -0.2) is 4.79 Å². The van der Waals surface area contributed by atoms with Gasteiger partial charge in [0.1, 0.15) is 12.4 Å². The zero-order chi connectivity index (χ0) is 18.1. The molecule has 0 aromatic heterocycles. The Bertz CT molecular complexity index is 714. The van der Waals surface area contributed by atoms with E-state index in [9.17, 15) is 9.59 Å². The zero-order valence-corrected chi connectivity index (χ0v) is 14.5. The number of nitrogens with one attached hydrogen (secondary N) is 3. The number of carbonyl (C=O) groups is 2. The van der Waals surface area contributed by atoms with Crippen molar-refractivity contribution < 1.29 is 14.3 Å². The molecule has 2 aromatic carbocycles. The van der Waals surface area contributed by atoms with Crippen molar-refractivity contribution in [3.63, 3.8) is 0 Å². The first-order valence-electron chi connectivity index (χ1n) is 8.21. The third kappa shape index (κ3) is 6.55. The molecule has 0 spiro atoms. The van der Waals surface area contributed by atoms with Crippen LogP contribution in [0.25, 0.3) is 0 Å². The Kier molecular flexibility index (Phi) is 6.83. The molecule has 0 aliphatic heterocycles. The van der Waals surface area contributed by atoms with Gasteiger partial charge in [-0.2, -0.15) is 0 Å². The van der Waals surface area contributed by atoms with Crippen LogP contribution >= 0.6 is 0 Å². The summed E-state index contributed by atoms with van der Waals surface area (Å²) in [6, 6.07) is 14.5. The number of benzene rings is 2. The lowest BCUT2D eigenvalue weighted by molar-refractivity contribution is -0.114. The average molecular weight is 341 g/mol. The maximum atomic E-state index is 11.9. The summed E-state index contributed by atoms with van der Waals surface area (Å²) in [6.07, 6.45) is 0.991. The van der Waals surface area contributed by atoms with E-state index in [4.69, 9.17) is 4.74 Å². The van der Waals surface area contributed by atoms with E-state index in [0.29, 0.717) is 24.5 Å². The van der Waals surface area contributed by atoms with Gasteiger partial charge < -0.3 is 20.7 Å². The number of urea groups is 1. The highest BCUT2D eigenvalue weighted by Gasteiger charge is 2.03. The molecule has 0 aliphatic rings. The molecule has 2 aromatic rings. The van der Waals surface area contributed by atoms with E-state index in [1.54, 1.807) is 24.3 Å². The topological polar surface area (TPSA) is 79.5 Å².